The molecular formula is C17H26N2O2. The van der Waals surface area contributed by atoms with Crippen LogP contribution >= 0.6 is 0 Å². The first-order chi connectivity index (χ1) is 10.3. The Labute approximate surface area is 127 Å². The van der Waals surface area contributed by atoms with Crippen molar-refractivity contribution in [3.05, 3.63) is 29.8 Å². The van der Waals surface area contributed by atoms with Gasteiger partial charge < -0.3 is 15.4 Å². The summed E-state index contributed by atoms with van der Waals surface area (Å²) in [6.45, 7) is 2.30. The van der Waals surface area contributed by atoms with E-state index in [4.69, 9.17) is 4.74 Å². The zero-order valence-electron chi connectivity index (χ0n) is 12.9. The van der Waals surface area contributed by atoms with Crippen LogP contribution in [0.1, 0.15) is 51.0 Å². The molecule has 1 aliphatic rings. The summed E-state index contributed by atoms with van der Waals surface area (Å²) in [6, 6.07) is 8.11. The van der Waals surface area contributed by atoms with Gasteiger partial charge in [0.05, 0.1) is 0 Å². The largest absolute Gasteiger partial charge is 0.473 e. The summed E-state index contributed by atoms with van der Waals surface area (Å²) in [5, 5.41) is 5.82. The Kier molecular flexibility index (Phi) is 6.38. The van der Waals surface area contributed by atoms with E-state index in [2.05, 4.69) is 17.6 Å². The monoisotopic (exact) mass is 290 g/mol. The first kappa shape index (κ1) is 15.7. The smallest absolute Gasteiger partial charge is 0.317 e. The topological polar surface area (TPSA) is 50.4 Å². The molecule has 1 fully saturated rings. The quantitative estimate of drug-likeness (QED) is 0.643. The molecule has 0 unspecified atom stereocenters. The van der Waals surface area contributed by atoms with Crippen molar-refractivity contribution in [1.29, 1.82) is 0 Å². The molecule has 0 saturated heterocycles. The van der Waals surface area contributed by atoms with Crippen LogP contribution in [0.15, 0.2) is 24.3 Å². The maximum Gasteiger partial charge on any atom is 0.317 e. The van der Waals surface area contributed by atoms with E-state index >= 15 is 0 Å². The van der Waals surface area contributed by atoms with Crippen molar-refractivity contribution in [1.82, 2.24) is 10.6 Å². The molecule has 0 atom stereocenters. The Morgan fingerprint density at radius 2 is 1.90 bits per heavy atom. The Morgan fingerprint density at radius 3 is 2.62 bits per heavy atom. The third-order valence-electron chi connectivity index (χ3n) is 4.00. The van der Waals surface area contributed by atoms with Crippen LogP contribution < -0.4 is 15.4 Å². The van der Waals surface area contributed by atoms with Gasteiger partial charge in [0.15, 0.2) is 6.73 Å². The van der Waals surface area contributed by atoms with Crippen molar-refractivity contribution in [2.75, 3.05) is 6.73 Å². The van der Waals surface area contributed by atoms with Crippen LogP contribution in [0.4, 0.5) is 4.79 Å². The minimum Gasteiger partial charge on any atom is -0.473 e. The molecule has 0 radical (unpaired) electrons. The van der Waals surface area contributed by atoms with Gasteiger partial charge in [-0.05, 0) is 30.9 Å². The number of hydrogen-bond acceptors (Lipinski definition) is 2. The van der Waals surface area contributed by atoms with Crippen LogP contribution in [-0.2, 0) is 6.42 Å². The average Bonchev–Trinajstić information content (AvgIpc) is 2.76. The van der Waals surface area contributed by atoms with Crippen molar-refractivity contribution in [3.63, 3.8) is 0 Å². The number of carbonyl (C=O) groups is 1. The van der Waals surface area contributed by atoms with E-state index in [1.807, 2.05) is 24.3 Å². The van der Waals surface area contributed by atoms with Crippen molar-refractivity contribution < 1.29 is 9.53 Å². The van der Waals surface area contributed by atoms with E-state index in [0.717, 1.165) is 30.6 Å². The van der Waals surface area contributed by atoms with Gasteiger partial charge in [0.2, 0.25) is 0 Å². The molecule has 1 aromatic carbocycles. The zero-order valence-corrected chi connectivity index (χ0v) is 12.9. The number of ether oxygens (including phenoxy) is 1. The van der Waals surface area contributed by atoms with Crippen molar-refractivity contribution in [2.45, 2.75) is 57.9 Å². The first-order valence-electron chi connectivity index (χ1n) is 8.04. The van der Waals surface area contributed by atoms with Crippen LogP contribution in [0, 0.1) is 0 Å². The number of para-hydroxylation sites is 1. The van der Waals surface area contributed by atoms with Gasteiger partial charge in [-0.25, -0.2) is 4.79 Å². The number of hydrogen-bond donors (Lipinski definition) is 2. The SMILES string of the molecule is CCc1ccccc1OCNC(=O)NC1CCCCCC1. The minimum atomic E-state index is -0.129. The highest BCUT2D eigenvalue weighted by Gasteiger charge is 2.14. The van der Waals surface area contributed by atoms with Crippen LogP contribution in [0.25, 0.3) is 0 Å². The highest BCUT2D eigenvalue weighted by molar-refractivity contribution is 5.74. The molecule has 4 heteroatoms. The van der Waals surface area contributed by atoms with Crippen LogP contribution in [0.5, 0.6) is 5.75 Å². The van der Waals surface area contributed by atoms with E-state index in [0.29, 0.717) is 6.04 Å². The number of urea groups is 1. The van der Waals surface area contributed by atoms with Crippen LogP contribution in [-0.4, -0.2) is 18.8 Å². The van der Waals surface area contributed by atoms with Gasteiger partial charge in [0.1, 0.15) is 5.75 Å². The third kappa shape index (κ3) is 5.29. The molecule has 0 bridgehead atoms. The summed E-state index contributed by atoms with van der Waals surface area (Å²) in [6.07, 6.45) is 8.11. The normalized spacial score (nSPS) is 16.0. The van der Waals surface area contributed by atoms with E-state index in [1.54, 1.807) is 0 Å². The minimum absolute atomic E-state index is 0.129. The van der Waals surface area contributed by atoms with E-state index < -0.39 is 0 Å². The summed E-state index contributed by atoms with van der Waals surface area (Å²) in [5.74, 6) is 0.842. The van der Waals surface area contributed by atoms with E-state index in [9.17, 15) is 4.79 Å². The van der Waals surface area contributed by atoms with Crippen molar-refractivity contribution in [2.24, 2.45) is 0 Å². The molecule has 1 aromatic rings. The molecule has 21 heavy (non-hydrogen) atoms. The van der Waals surface area contributed by atoms with Gasteiger partial charge in [-0.3, -0.25) is 0 Å². The van der Waals surface area contributed by atoms with Gasteiger partial charge in [-0.1, -0.05) is 50.8 Å². The second kappa shape index (κ2) is 8.55. The molecule has 4 nitrogen and oxygen atoms in total. The predicted octanol–water partition coefficient (Wildman–Crippen LogP) is 3.61. The number of amides is 2. The number of benzene rings is 1. The molecule has 2 N–H and O–H groups in total. The lowest BCUT2D eigenvalue weighted by Crippen LogP contribution is -2.43. The fraction of sp³-hybridized carbons (Fsp3) is 0.588. The van der Waals surface area contributed by atoms with E-state index in [1.165, 1.54) is 25.7 Å². The lowest BCUT2D eigenvalue weighted by atomic mass is 10.1. The van der Waals surface area contributed by atoms with Gasteiger partial charge in [-0.2, -0.15) is 0 Å². The Hall–Kier alpha value is -1.71. The Morgan fingerprint density at radius 1 is 1.19 bits per heavy atom. The number of aryl methyl sites for hydroxylation is 1. The second-order valence-electron chi connectivity index (χ2n) is 5.59. The molecule has 116 valence electrons. The maximum absolute atomic E-state index is 11.9. The first-order valence-corrected chi connectivity index (χ1v) is 8.04. The molecule has 0 heterocycles. The highest BCUT2D eigenvalue weighted by atomic mass is 16.5. The fourth-order valence-corrected chi connectivity index (χ4v) is 2.78. The van der Waals surface area contributed by atoms with Gasteiger partial charge >= 0.3 is 6.03 Å². The summed E-state index contributed by atoms with van der Waals surface area (Å²) in [7, 11) is 0. The molecule has 1 aliphatic carbocycles. The second-order valence-corrected chi connectivity index (χ2v) is 5.59. The van der Waals surface area contributed by atoms with Crippen LogP contribution in [0.3, 0.4) is 0 Å². The molecule has 0 spiro atoms. The Bertz CT molecular complexity index is 440. The van der Waals surface area contributed by atoms with Gasteiger partial charge in [0, 0.05) is 6.04 Å². The summed E-state index contributed by atoms with van der Waals surface area (Å²) < 4.78 is 5.64. The summed E-state index contributed by atoms with van der Waals surface area (Å²) in [4.78, 5) is 11.9. The molecule has 0 aromatic heterocycles. The predicted molar refractivity (Wildman–Crippen MR) is 84.5 cm³/mol. The summed E-state index contributed by atoms with van der Waals surface area (Å²) in [5.41, 5.74) is 1.16. The van der Waals surface area contributed by atoms with Crippen molar-refractivity contribution >= 4 is 6.03 Å². The molecule has 0 aliphatic heterocycles. The van der Waals surface area contributed by atoms with E-state index in [-0.39, 0.29) is 12.8 Å². The van der Waals surface area contributed by atoms with Gasteiger partial charge in [-0.15, -0.1) is 0 Å². The lowest BCUT2D eigenvalue weighted by molar-refractivity contribution is 0.219. The molecule has 2 amide bonds. The van der Waals surface area contributed by atoms with Crippen LogP contribution in [0.2, 0.25) is 0 Å². The number of carbonyl (C=O) groups excluding carboxylic acids is 1. The maximum atomic E-state index is 11.9. The highest BCUT2D eigenvalue weighted by Crippen LogP contribution is 2.18. The standard InChI is InChI=1S/C17H26N2O2/c1-2-14-9-7-8-12-16(14)21-13-18-17(20)19-15-10-5-3-4-6-11-15/h7-9,12,15H,2-6,10-11,13H2,1H3,(H2,18,19,20). The number of nitrogens with one attached hydrogen (secondary N) is 2. The molecule has 2 rings (SSSR count). The molecular weight excluding hydrogens is 264 g/mol. The number of rotatable bonds is 5. The average molecular weight is 290 g/mol. The summed E-state index contributed by atoms with van der Waals surface area (Å²) >= 11 is 0. The van der Waals surface area contributed by atoms with Gasteiger partial charge in [0.25, 0.3) is 0 Å². The zero-order chi connectivity index (χ0) is 14.9. The lowest BCUT2D eigenvalue weighted by Gasteiger charge is -2.17. The third-order valence-corrected chi connectivity index (χ3v) is 4.00. The fourth-order valence-electron chi connectivity index (χ4n) is 2.78. The Balaban J connectivity index is 1.71. The molecule has 1 saturated carbocycles. The van der Waals surface area contributed by atoms with Crippen molar-refractivity contribution in [3.8, 4) is 5.75 Å².